The molecule has 3 nitrogen and oxygen atoms in total. The second kappa shape index (κ2) is 6.15. The van der Waals surface area contributed by atoms with Crippen LogP contribution < -0.4 is 0 Å². The largest absolute Gasteiger partial charge is 0.338 e. The van der Waals surface area contributed by atoms with Crippen molar-refractivity contribution in [3.63, 3.8) is 0 Å². The predicted octanol–water partition coefficient (Wildman–Crippen LogP) is 2.89. The number of nitriles is 1. The van der Waals surface area contributed by atoms with E-state index >= 15 is 0 Å². The fourth-order valence-electron chi connectivity index (χ4n) is 1.78. The summed E-state index contributed by atoms with van der Waals surface area (Å²) in [5.74, 6) is -1.27. The Morgan fingerprint density at radius 2 is 2.11 bits per heavy atom. The molecule has 0 saturated heterocycles. The van der Waals surface area contributed by atoms with Crippen LogP contribution in [0.5, 0.6) is 0 Å². The second-order valence-electron chi connectivity index (χ2n) is 4.24. The van der Waals surface area contributed by atoms with Crippen molar-refractivity contribution in [3.8, 4) is 6.07 Å². The van der Waals surface area contributed by atoms with Gasteiger partial charge in [-0.25, -0.2) is 4.39 Å². The van der Waals surface area contributed by atoms with E-state index in [2.05, 4.69) is 0 Å². The molecule has 0 heterocycles. The Morgan fingerprint density at radius 3 is 2.61 bits per heavy atom. The van der Waals surface area contributed by atoms with Gasteiger partial charge in [0, 0.05) is 12.6 Å². The number of hydrogen-bond acceptors (Lipinski definition) is 2. The molecule has 0 aromatic heterocycles. The highest BCUT2D eigenvalue weighted by atomic mass is 19.1. The first-order chi connectivity index (χ1) is 8.52. The van der Waals surface area contributed by atoms with Crippen LogP contribution in [0.3, 0.4) is 0 Å². The zero-order chi connectivity index (χ0) is 13.7. The Labute approximate surface area is 107 Å². The Bertz CT molecular complexity index is 467. The van der Waals surface area contributed by atoms with Crippen LogP contribution in [0.2, 0.25) is 0 Å². The monoisotopic (exact) mass is 248 g/mol. The number of amides is 1. The van der Waals surface area contributed by atoms with Crippen LogP contribution in [0.4, 0.5) is 4.39 Å². The number of carbonyl (C=O) groups excluding carboxylic acids is 1. The van der Waals surface area contributed by atoms with E-state index < -0.39 is 5.92 Å². The number of rotatable bonds is 4. The highest BCUT2D eigenvalue weighted by Gasteiger charge is 2.25. The molecule has 0 spiro atoms. The van der Waals surface area contributed by atoms with Gasteiger partial charge < -0.3 is 4.90 Å². The van der Waals surface area contributed by atoms with E-state index in [1.807, 2.05) is 6.07 Å². The average molecular weight is 248 g/mol. The van der Waals surface area contributed by atoms with Crippen LogP contribution >= 0.6 is 0 Å². The normalized spacial score (nSPS) is 13.5. The van der Waals surface area contributed by atoms with E-state index in [1.165, 1.54) is 11.0 Å². The second-order valence-corrected chi connectivity index (χ2v) is 4.24. The molecule has 1 rings (SSSR count). The number of carbonyl (C=O) groups is 1. The van der Waals surface area contributed by atoms with Gasteiger partial charge in [-0.05, 0) is 19.4 Å². The zero-order valence-electron chi connectivity index (χ0n) is 10.9. The molecular formula is C14H17FN2O. The third kappa shape index (κ3) is 2.86. The molecule has 96 valence electrons. The van der Waals surface area contributed by atoms with Crippen molar-refractivity contribution in [1.29, 1.82) is 5.26 Å². The molecule has 18 heavy (non-hydrogen) atoms. The van der Waals surface area contributed by atoms with Crippen LogP contribution in [0.1, 0.15) is 31.9 Å². The molecule has 0 fully saturated rings. The van der Waals surface area contributed by atoms with Crippen molar-refractivity contribution >= 4 is 5.91 Å². The summed E-state index contributed by atoms with van der Waals surface area (Å²) >= 11 is 0. The standard InChI is InChI=1S/C14H17FN2O/c1-4-11(9-16)14(18)17(3)10(2)12-7-5-6-8-13(12)15/h5-8,10-11H,4H2,1-3H3. The van der Waals surface area contributed by atoms with E-state index in [1.54, 1.807) is 39.1 Å². The summed E-state index contributed by atoms with van der Waals surface area (Å²) in [6, 6.07) is 7.94. The third-order valence-electron chi connectivity index (χ3n) is 3.15. The average Bonchev–Trinajstić information content (AvgIpc) is 2.39. The van der Waals surface area contributed by atoms with Crippen LogP contribution in [-0.2, 0) is 4.79 Å². The highest BCUT2D eigenvalue weighted by molar-refractivity contribution is 5.81. The summed E-state index contributed by atoms with van der Waals surface area (Å²) in [5.41, 5.74) is 0.459. The minimum atomic E-state index is -0.663. The van der Waals surface area contributed by atoms with Crippen molar-refractivity contribution < 1.29 is 9.18 Å². The smallest absolute Gasteiger partial charge is 0.240 e. The molecule has 0 saturated carbocycles. The van der Waals surface area contributed by atoms with Gasteiger partial charge in [0.1, 0.15) is 11.7 Å². The Morgan fingerprint density at radius 1 is 1.50 bits per heavy atom. The molecule has 0 aliphatic rings. The van der Waals surface area contributed by atoms with Gasteiger partial charge in [0.2, 0.25) is 5.91 Å². The number of halogens is 1. The molecule has 0 aliphatic heterocycles. The first kappa shape index (κ1) is 14.2. The van der Waals surface area contributed by atoms with Gasteiger partial charge in [-0.1, -0.05) is 25.1 Å². The fourth-order valence-corrected chi connectivity index (χ4v) is 1.78. The summed E-state index contributed by atoms with van der Waals surface area (Å²) in [6.07, 6.45) is 0.462. The van der Waals surface area contributed by atoms with Crippen molar-refractivity contribution in [2.75, 3.05) is 7.05 Å². The molecule has 1 aromatic rings. The minimum Gasteiger partial charge on any atom is -0.338 e. The van der Waals surface area contributed by atoms with Gasteiger partial charge in [-0.15, -0.1) is 0 Å². The third-order valence-corrected chi connectivity index (χ3v) is 3.15. The molecule has 2 atom stereocenters. The van der Waals surface area contributed by atoms with Crippen molar-refractivity contribution in [3.05, 3.63) is 35.6 Å². The van der Waals surface area contributed by atoms with E-state index in [0.717, 1.165) is 0 Å². The molecule has 2 unspecified atom stereocenters. The van der Waals surface area contributed by atoms with Crippen LogP contribution in [-0.4, -0.2) is 17.9 Å². The molecule has 0 radical (unpaired) electrons. The van der Waals surface area contributed by atoms with Crippen LogP contribution in [0.25, 0.3) is 0 Å². The quantitative estimate of drug-likeness (QED) is 0.822. The van der Waals surface area contributed by atoms with Crippen molar-refractivity contribution in [2.45, 2.75) is 26.3 Å². The van der Waals surface area contributed by atoms with Crippen molar-refractivity contribution in [1.82, 2.24) is 4.90 Å². The summed E-state index contributed by atoms with van der Waals surface area (Å²) in [6.45, 7) is 3.54. The number of hydrogen-bond donors (Lipinski definition) is 0. The van der Waals surface area contributed by atoms with Crippen LogP contribution in [0.15, 0.2) is 24.3 Å². The lowest BCUT2D eigenvalue weighted by molar-refractivity contribution is -0.134. The maximum Gasteiger partial charge on any atom is 0.240 e. The van der Waals surface area contributed by atoms with E-state index in [-0.39, 0.29) is 17.8 Å². The highest BCUT2D eigenvalue weighted by Crippen LogP contribution is 2.23. The zero-order valence-corrected chi connectivity index (χ0v) is 10.9. The molecule has 0 N–H and O–H groups in total. The lowest BCUT2D eigenvalue weighted by Gasteiger charge is -2.27. The lowest BCUT2D eigenvalue weighted by Crippen LogP contribution is -2.34. The summed E-state index contributed by atoms with van der Waals surface area (Å²) < 4.78 is 13.6. The molecular weight excluding hydrogens is 231 g/mol. The van der Waals surface area contributed by atoms with Gasteiger partial charge in [-0.3, -0.25) is 4.79 Å². The topological polar surface area (TPSA) is 44.1 Å². The Balaban J connectivity index is 2.92. The number of benzene rings is 1. The SMILES string of the molecule is CCC(C#N)C(=O)N(C)C(C)c1ccccc1F. The summed E-state index contributed by atoms with van der Waals surface area (Å²) in [7, 11) is 1.60. The maximum atomic E-state index is 13.6. The van der Waals surface area contributed by atoms with E-state index in [9.17, 15) is 9.18 Å². The molecule has 1 amide bonds. The lowest BCUT2D eigenvalue weighted by atomic mass is 10.0. The molecule has 4 heteroatoms. The molecule has 1 aromatic carbocycles. The summed E-state index contributed by atoms with van der Waals surface area (Å²) in [5, 5.41) is 8.88. The van der Waals surface area contributed by atoms with Gasteiger partial charge >= 0.3 is 0 Å². The molecule has 0 aliphatic carbocycles. The van der Waals surface area contributed by atoms with Crippen LogP contribution in [0, 0.1) is 23.1 Å². The van der Waals surface area contributed by atoms with Crippen molar-refractivity contribution in [2.24, 2.45) is 5.92 Å². The maximum absolute atomic E-state index is 13.6. The Hall–Kier alpha value is -1.89. The fraction of sp³-hybridized carbons (Fsp3) is 0.429. The minimum absolute atomic E-state index is 0.268. The predicted molar refractivity (Wildman–Crippen MR) is 67.0 cm³/mol. The van der Waals surface area contributed by atoms with E-state index in [4.69, 9.17) is 5.26 Å². The van der Waals surface area contributed by atoms with E-state index in [0.29, 0.717) is 12.0 Å². The Kier molecular flexibility index (Phi) is 4.85. The van der Waals surface area contributed by atoms with Gasteiger partial charge in [0.15, 0.2) is 0 Å². The first-order valence-electron chi connectivity index (χ1n) is 5.93. The first-order valence-corrected chi connectivity index (χ1v) is 5.93. The molecule has 0 bridgehead atoms. The van der Waals surface area contributed by atoms with Gasteiger partial charge in [0.25, 0.3) is 0 Å². The number of nitrogens with zero attached hydrogens (tertiary/aromatic N) is 2. The van der Waals surface area contributed by atoms with Gasteiger partial charge in [-0.2, -0.15) is 5.26 Å². The summed E-state index contributed by atoms with van der Waals surface area (Å²) in [4.78, 5) is 13.4. The van der Waals surface area contributed by atoms with Gasteiger partial charge in [0.05, 0.1) is 12.1 Å².